The van der Waals surface area contributed by atoms with E-state index in [1.807, 2.05) is 12.1 Å². The van der Waals surface area contributed by atoms with Crippen molar-refractivity contribution in [2.45, 2.75) is 25.3 Å². The van der Waals surface area contributed by atoms with Gasteiger partial charge in [-0.3, -0.25) is 0 Å². The van der Waals surface area contributed by atoms with E-state index in [2.05, 4.69) is 17.4 Å². The lowest BCUT2D eigenvalue weighted by Gasteiger charge is -2.26. The van der Waals surface area contributed by atoms with E-state index in [9.17, 15) is 8.78 Å². The summed E-state index contributed by atoms with van der Waals surface area (Å²) >= 11 is 5.91. The largest absolute Gasteiger partial charge is 0.378 e. The Morgan fingerprint density at radius 3 is 2.60 bits per heavy atom. The smallest absolute Gasteiger partial charge is 0.150 e. The molecule has 1 unspecified atom stereocenters. The van der Waals surface area contributed by atoms with Gasteiger partial charge >= 0.3 is 0 Å². The molecule has 1 nitrogen and oxygen atoms in total. The molecule has 1 aliphatic carbocycles. The quantitative estimate of drug-likeness (QED) is 0.854. The van der Waals surface area contributed by atoms with Gasteiger partial charge in [-0.25, -0.2) is 8.78 Å². The molecule has 2 aromatic carbocycles. The van der Waals surface area contributed by atoms with Gasteiger partial charge in [0.1, 0.15) is 5.82 Å². The third-order valence-corrected chi connectivity index (χ3v) is 4.00. The van der Waals surface area contributed by atoms with Crippen molar-refractivity contribution in [3.63, 3.8) is 0 Å². The average molecular weight is 294 g/mol. The lowest BCUT2D eigenvalue weighted by atomic mass is 9.88. The molecule has 2 aromatic rings. The SMILES string of the molecule is Fc1cc(F)c(NC2CCc3ccccc3C2)c(Cl)c1. The van der Waals surface area contributed by atoms with Crippen molar-refractivity contribution in [3.8, 4) is 0 Å². The fourth-order valence-corrected chi connectivity index (χ4v) is 2.95. The third-order valence-electron chi connectivity index (χ3n) is 3.70. The van der Waals surface area contributed by atoms with Crippen LogP contribution in [0.25, 0.3) is 0 Å². The number of hydrogen-bond acceptors (Lipinski definition) is 1. The zero-order valence-corrected chi connectivity index (χ0v) is 11.6. The molecule has 0 heterocycles. The second kappa shape index (κ2) is 5.41. The van der Waals surface area contributed by atoms with E-state index in [0.717, 1.165) is 31.4 Å². The first-order chi connectivity index (χ1) is 9.63. The maximum Gasteiger partial charge on any atom is 0.150 e. The molecule has 0 bridgehead atoms. The predicted octanol–water partition coefficient (Wildman–Crippen LogP) is 4.59. The van der Waals surface area contributed by atoms with Crippen LogP contribution in [0.15, 0.2) is 36.4 Å². The number of nitrogens with one attached hydrogen (secondary N) is 1. The van der Waals surface area contributed by atoms with Crippen molar-refractivity contribution < 1.29 is 8.78 Å². The number of benzene rings is 2. The molecular formula is C16H14ClF2N. The van der Waals surface area contributed by atoms with Gasteiger partial charge in [0, 0.05) is 12.1 Å². The molecule has 104 valence electrons. The van der Waals surface area contributed by atoms with Crippen molar-refractivity contribution in [2.75, 3.05) is 5.32 Å². The molecule has 0 aliphatic heterocycles. The van der Waals surface area contributed by atoms with Crippen molar-refractivity contribution in [2.24, 2.45) is 0 Å². The minimum Gasteiger partial charge on any atom is -0.378 e. The normalized spacial score (nSPS) is 17.6. The van der Waals surface area contributed by atoms with Crippen LogP contribution in [-0.4, -0.2) is 6.04 Å². The van der Waals surface area contributed by atoms with Crippen LogP contribution in [0.3, 0.4) is 0 Å². The molecule has 4 heteroatoms. The van der Waals surface area contributed by atoms with Gasteiger partial charge in [-0.05, 0) is 36.5 Å². The Bertz CT molecular complexity index is 619. The van der Waals surface area contributed by atoms with Crippen LogP contribution in [-0.2, 0) is 12.8 Å². The summed E-state index contributed by atoms with van der Waals surface area (Å²) in [4.78, 5) is 0. The summed E-state index contributed by atoms with van der Waals surface area (Å²) in [6.07, 6.45) is 2.68. The highest BCUT2D eigenvalue weighted by Crippen LogP contribution is 2.30. The fourth-order valence-electron chi connectivity index (χ4n) is 2.71. The van der Waals surface area contributed by atoms with Crippen LogP contribution in [0, 0.1) is 11.6 Å². The Morgan fingerprint density at radius 2 is 1.85 bits per heavy atom. The van der Waals surface area contributed by atoms with E-state index in [4.69, 9.17) is 11.6 Å². The lowest BCUT2D eigenvalue weighted by molar-refractivity contribution is 0.573. The van der Waals surface area contributed by atoms with Gasteiger partial charge in [-0.1, -0.05) is 35.9 Å². The average Bonchev–Trinajstić information content (AvgIpc) is 2.42. The van der Waals surface area contributed by atoms with Crippen LogP contribution in [0.5, 0.6) is 0 Å². The van der Waals surface area contributed by atoms with Crippen LogP contribution < -0.4 is 5.32 Å². The first kappa shape index (κ1) is 13.4. The van der Waals surface area contributed by atoms with Crippen molar-refractivity contribution in [1.82, 2.24) is 0 Å². The van der Waals surface area contributed by atoms with Crippen molar-refractivity contribution >= 4 is 17.3 Å². The van der Waals surface area contributed by atoms with Gasteiger partial charge in [0.15, 0.2) is 5.82 Å². The van der Waals surface area contributed by atoms with Crippen molar-refractivity contribution in [3.05, 3.63) is 64.2 Å². The van der Waals surface area contributed by atoms with Crippen LogP contribution in [0.2, 0.25) is 5.02 Å². The Kier molecular flexibility index (Phi) is 3.62. The molecule has 0 saturated heterocycles. The van der Waals surface area contributed by atoms with E-state index >= 15 is 0 Å². The molecule has 3 rings (SSSR count). The number of rotatable bonds is 2. The molecule has 1 atom stereocenters. The molecular weight excluding hydrogens is 280 g/mol. The molecule has 0 aromatic heterocycles. The fraction of sp³-hybridized carbons (Fsp3) is 0.250. The first-order valence-electron chi connectivity index (χ1n) is 6.61. The van der Waals surface area contributed by atoms with Gasteiger partial charge < -0.3 is 5.32 Å². The van der Waals surface area contributed by atoms with Crippen LogP contribution in [0.1, 0.15) is 17.5 Å². The van der Waals surface area contributed by atoms with Gasteiger partial charge in [0.2, 0.25) is 0 Å². The summed E-state index contributed by atoms with van der Waals surface area (Å²) in [5.74, 6) is -1.30. The maximum absolute atomic E-state index is 13.8. The molecule has 0 saturated carbocycles. The lowest BCUT2D eigenvalue weighted by Crippen LogP contribution is -2.27. The minimum absolute atomic E-state index is 0.0846. The van der Waals surface area contributed by atoms with Crippen LogP contribution >= 0.6 is 11.6 Å². The first-order valence-corrected chi connectivity index (χ1v) is 6.99. The Morgan fingerprint density at radius 1 is 1.10 bits per heavy atom. The maximum atomic E-state index is 13.8. The number of fused-ring (bicyclic) bond motifs is 1. The zero-order chi connectivity index (χ0) is 14.1. The van der Waals surface area contributed by atoms with Gasteiger partial charge in [-0.15, -0.1) is 0 Å². The summed E-state index contributed by atoms with van der Waals surface area (Å²) in [6, 6.07) is 10.3. The monoisotopic (exact) mass is 293 g/mol. The molecule has 1 N–H and O–H groups in total. The minimum atomic E-state index is -0.660. The number of halogens is 3. The number of hydrogen-bond donors (Lipinski definition) is 1. The van der Waals surface area contributed by atoms with E-state index in [0.29, 0.717) is 0 Å². The molecule has 1 aliphatic rings. The number of anilines is 1. The van der Waals surface area contributed by atoms with Crippen molar-refractivity contribution in [1.29, 1.82) is 0 Å². The van der Waals surface area contributed by atoms with E-state index < -0.39 is 11.6 Å². The Labute approximate surface area is 121 Å². The molecule has 0 spiro atoms. The second-order valence-electron chi connectivity index (χ2n) is 5.10. The highest BCUT2D eigenvalue weighted by molar-refractivity contribution is 6.33. The number of aryl methyl sites for hydroxylation is 1. The molecule has 0 radical (unpaired) electrons. The molecule has 0 fully saturated rings. The Balaban J connectivity index is 1.80. The summed E-state index contributed by atoms with van der Waals surface area (Å²) < 4.78 is 26.8. The molecule has 0 amide bonds. The summed E-state index contributed by atoms with van der Waals surface area (Å²) in [7, 11) is 0. The van der Waals surface area contributed by atoms with Gasteiger partial charge in [0.25, 0.3) is 0 Å². The summed E-state index contributed by atoms with van der Waals surface area (Å²) in [6.45, 7) is 0. The third kappa shape index (κ3) is 2.63. The summed E-state index contributed by atoms with van der Waals surface area (Å²) in [5, 5.41) is 3.20. The van der Waals surface area contributed by atoms with E-state index in [-0.39, 0.29) is 16.8 Å². The summed E-state index contributed by atoms with van der Waals surface area (Å²) in [5.41, 5.74) is 2.81. The van der Waals surface area contributed by atoms with Gasteiger partial charge in [-0.2, -0.15) is 0 Å². The topological polar surface area (TPSA) is 12.0 Å². The standard InChI is InChI=1S/C16H14ClF2N/c17-14-8-12(18)9-15(19)16(14)20-13-6-5-10-3-1-2-4-11(10)7-13/h1-4,8-9,13,20H,5-7H2. The van der Waals surface area contributed by atoms with Gasteiger partial charge in [0.05, 0.1) is 10.7 Å². The van der Waals surface area contributed by atoms with Crippen LogP contribution in [0.4, 0.5) is 14.5 Å². The molecule has 20 heavy (non-hydrogen) atoms. The predicted molar refractivity (Wildman–Crippen MR) is 77.2 cm³/mol. The highest BCUT2D eigenvalue weighted by atomic mass is 35.5. The van der Waals surface area contributed by atoms with E-state index in [1.54, 1.807) is 0 Å². The Hall–Kier alpha value is -1.61. The second-order valence-corrected chi connectivity index (χ2v) is 5.50. The van der Waals surface area contributed by atoms with E-state index in [1.165, 1.54) is 11.1 Å². The zero-order valence-electron chi connectivity index (χ0n) is 10.8. The highest BCUT2D eigenvalue weighted by Gasteiger charge is 2.20.